The van der Waals surface area contributed by atoms with Gasteiger partial charge in [-0.1, -0.05) is 25.1 Å². The Morgan fingerprint density at radius 1 is 1.38 bits per heavy atom. The van der Waals surface area contributed by atoms with Gasteiger partial charge in [0.25, 0.3) is 10.1 Å². The summed E-state index contributed by atoms with van der Waals surface area (Å²) < 4.78 is 30.5. The largest absolute Gasteiger partial charge is 0.285 e. The van der Waals surface area contributed by atoms with Crippen LogP contribution in [0.15, 0.2) is 30.3 Å². The van der Waals surface area contributed by atoms with Crippen LogP contribution in [-0.4, -0.2) is 24.8 Å². The molecule has 0 aliphatic rings. The smallest absolute Gasteiger partial charge is 0.270 e. The van der Waals surface area contributed by atoms with Crippen LogP contribution in [0.1, 0.15) is 13.3 Å². The van der Waals surface area contributed by atoms with Crippen LogP contribution in [0.3, 0.4) is 0 Å². The minimum absolute atomic E-state index is 0.0930. The molecule has 0 fully saturated rings. The van der Waals surface area contributed by atoms with Gasteiger partial charge >= 0.3 is 0 Å². The third-order valence-electron chi connectivity index (χ3n) is 2.11. The molecule has 0 saturated heterocycles. The van der Waals surface area contributed by atoms with Gasteiger partial charge in [0.05, 0.1) is 12.3 Å². The van der Waals surface area contributed by atoms with Crippen LogP contribution in [-0.2, 0) is 15.0 Å². The molecule has 1 aromatic rings. The summed E-state index contributed by atoms with van der Waals surface area (Å²) in [6, 6.07) is 9.08. The fourth-order valence-electron chi connectivity index (χ4n) is 1.14. The molecule has 1 atom stereocenters. The molecule has 0 radical (unpaired) electrons. The van der Waals surface area contributed by atoms with E-state index in [-0.39, 0.29) is 6.61 Å². The van der Waals surface area contributed by atoms with Gasteiger partial charge in [0, 0.05) is 0 Å². The van der Waals surface area contributed by atoms with Crippen LogP contribution in [0.25, 0.3) is 0 Å². The first-order valence-corrected chi connectivity index (χ1v) is 6.43. The van der Waals surface area contributed by atoms with Crippen molar-refractivity contribution in [1.82, 2.24) is 0 Å². The summed E-state index contributed by atoms with van der Waals surface area (Å²) in [7, 11) is -4.03. The Hall–Kier alpha value is -1.11. The summed E-state index contributed by atoms with van der Waals surface area (Å²) in [6.45, 7) is 1.58. The quantitative estimate of drug-likeness (QED) is 0.589. The normalized spacial score (nSPS) is 13.4. The van der Waals surface area contributed by atoms with Gasteiger partial charge < -0.3 is 0 Å². The molecule has 5 nitrogen and oxygen atoms in total. The Balaban J connectivity index is 2.41. The van der Waals surface area contributed by atoms with E-state index >= 15 is 0 Å². The zero-order valence-electron chi connectivity index (χ0n) is 8.96. The van der Waals surface area contributed by atoms with Crippen molar-refractivity contribution >= 4 is 15.8 Å². The number of hydrogen-bond acceptors (Lipinski definition) is 4. The first-order chi connectivity index (χ1) is 7.54. The Kier molecular flexibility index (Phi) is 4.72. The summed E-state index contributed by atoms with van der Waals surface area (Å²) in [4.78, 5) is 5.01. The van der Waals surface area contributed by atoms with Crippen molar-refractivity contribution < 1.29 is 17.8 Å². The fourth-order valence-corrected chi connectivity index (χ4v) is 1.80. The molecule has 90 valence electrons. The molecule has 2 N–H and O–H groups in total. The highest BCUT2D eigenvalue weighted by Crippen LogP contribution is 2.07. The van der Waals surface area contributed by atoms with Crippen molar-refractivity contribution in [2.24, 2.45) is 0 Å². The van der Waals surface area contributed by atoms with Crippen LogP contribution in [0.2, 0.25) is 0 Å². The third kappa shape index (κ3) is 4.18. The standard InChI is InChI=1S/C10H15NO4S/c1-2-10(16(12,13)14)8-15-11-9-6-4-3-5-7-9/h3-7,10-11H,2,8H2,1H3,(H,12,13,14). The van der Waals surface area contributed by atoms with Crippen molar-refractivity contribution in [1.29, 1.82) is 0 Å². The lowest BCUT2D eigenvalue weighted by Crippen LogP contribution is -2.26. The zero-order valence-corrected chi connectivity index (χ0v) is 9.78. The maximum Gasteiger partial charge on any atom is 0.270 e. The van der Waals surface area contributed by atoms with E-state index in [1.54, 1.807) is 19.1 Å². The Bertz CT molecular complexity index is 404. The number of hydrogen-bond donors (Lipinski definition) is 2. The van der Waals surface area contributed by atoms with Gasteiger partial charge in [0.1, 0.15) is 5.25 Å². The molecule has 0 aliphatic heterocycles. The monoisotopic (exact) mass is 245 g/mol. The highest BCUT2D eigenvalue weighted by Gasteiger charge is 2.21. The molecule has 0 aromatic heterocycles. The van der Waals surface area contributed by atoms with E-state index in [9.17, 15) is 8.42 Å². The Morgan fingerprint density at radius 2 is 2.00 bits per heavy atom. The second kappa shape index (κ2) is 5.83. The second-order valence-corrected chi connectivity index (χ2v) is 5.02. The van der Waals surface area contributed by atoms with Gasteiger partial charge in [-0.2, -0.15) is 8.42 Å². The van der Waals surface area contributed by atoms with E-state index in [0.717, 1.165) is 5.69 Å². The van der Waals surface area contributed by atoms with Crippen LogP contribution in [0.4, 0.5) is 5.69 Å². The first kappa shape index (κ1) is 13.0. The molecule has 6 heteroatoms. The molecule has 0 spiro atoms. The molecule has 16 heavy (non-hydrogen) atoms. The molecular formula is C10H15NO4S. The maximum atomic E-state index is 10.9. The number of anilines is 1. The average Bonchev–Trinajstić information content (AvgIpc) is 2.24. The van der Waals surface area contributed by atoms with Gasteiger partial charge in [0.2, 0.25) is 0 Å². The van der Waals surface area contributed by atoms with E-state index in [2.05, 4.69) is 5.48 Å². The SMILES string of the molecule is CCC(CONc1ccccc1)S(=O)(=O)O. The molecule has 0 amide bonds. The van der Waals surface area contributed by atoms with Crippen molar-refractivity contribution in [2.75, 3.05) is 12.1 Å². The Morgan fingerprint density at radius 3 is 2.50 bits per heavy atom. The van der Waals surface area contributed by atoms with E-state index in [0.29, 0.717) is 6.42 Å². The lowest BCUT2D eigenvalue weighted by Gasteiger charge is -2.12. The third-order valence-corrected chi connectivity index (χ3v) is 3.42. The highest BCUT2D eigenvalue weighted by molar-refractivity contribution is 7.86. The van der Waals surface area contributed by atoms with E-state index in [1.165, 1.54) is 0 Å². The minimum atomic E-state index is -4.03. The molecule has 1 rings (SSSR count). The van der Waals surface area contributed by atoms with Gasteiger partial charge in [0.15, 0.2) is 0 Å². The molecule has 0 aliphatic carbocycles. The van der Waals surface area contributed by atoms with Crippen molar-refractivity contribution in [2.45, 2.75) is 18.6 Å². The molecule has 1 aromatic carbocycles. The highest BCUT2D eigenvalue weighted by atomic mass is 32.2. The first-order valence-electron chi connectivity index (χ1n) is 4.93. The number of nitrogens with one attached hydrogen (secondary N) is 1. The second-order valence-electron chi connectivity index (χ2n) is 3.32. The lowest BCUT2D eigenvalue weighted by atomic mass is 10.3. The summed E-state index contributed by atoms with van der Waals surface area (Å²) in [5.41, 5.74) is 3.34. The van der Waals surface area contributed by atoms with E-state index < -0.39 is 15.4 Å². The maximum absolute atomic E-state index is 10.9. The van der Waals surface area contributed by atoms with Crippen molar-refractivity contribution in [3.63, 3.8) is 0 Å². The van der Waals surface area contributed by atoms with Gasteiger partial charge in [-0.15, -0.1) is 0 Å². The van der Waals surface area contributed by atoms with Gasteiger partial charge in [-0.25, -0.2) is 0 Å². The molecular weight excluding hydrogens is 230 g/mol. The molecule has 0 bridgehead atoms. The average molecular weight is 245 g/mol. The van der Waals surface area contributed by atoms with E-state index in [1.807, 2.05) is 18.2 Å². The van der Waals surface area contributed by atoms with Crippen molar-refractivity contribution in [3.8, 4) is 0 Å². The lowest BCUT2D eigenvalue weighted by molar-refractivity contribution is 0.188. The van der Waals surface area contributed by atoms with Crippen LogP contribution in [0, 0.1) is 0 Å². The van der Waals surface area contributed by atoms with Crippen LogP contribution >= 0.6 is 0 Å². The molecule has 0 heterocycles. The van der Waals surface area contributed by atoms with Crippen molar-refractivity contribution in [3.05, 3.63) is 30.3 Å². The van der Waals surface area contributed by atoms with Gasteiger partial charge in [-0.3, -0.25) is 14.9 Å². The molecule has 1 unspecified atom stereocenters. The summed E-state index contributed by atoms with van der Waals surface area (Å²) in [6.07, 6.45) is 0.301. The predicted molar refractivity (Wildman–Crippen MR) is 61.6 cm³/mol. The summed E-state index contributed by atoms with van der Waals surface area (Å²) in [5.74, 6) is 0. The summed E-state index contributed by atoms with van der Waals surface area (Å²) >= 11 is 0. The number of rotatable bonds is 6. The summed E-state index contributed by atoms with van der Waals surface area (Å²) in [5, 5.41) is -0.899. The number of benzene rings is 1. The molecule has 0 saturated carbocycles. The zero-order chi connectivity index (χ0) is 12.0. The Labute approximate surface area is 95.1 Å². The minimum Gasteiger partial charge on any atom is -0.285 e. The topological polar surface area (TPSA) is 75.6 Å². The predicted octanol–water partition coefficient (Wildman–Crippen LogP) is 1.70. The van der Waals surface area contributed by atoms with Crippen LogP contribution in [0.5, 0.6) is 0 Å². The van der Waals surface area contributed by atoms with E-state index in [4.69, 9.17) is 9.39 Å². The van der Waals surface area contributed by atoms with Gasteiger partial charge in [-0.05, 0) is 18.6 Å². The van der Waals surface area contributed by atoms with Crippen LogP contribution < -0.4 is 5.48 Å². The number of para-hydroxylation sites is 1. The fraction of sp³-hybridized carbons (Fsp3) is 0.400.